The van der Waals surface area contributed by atoms with Crippen molar-refractivity contribution in [1.29, 1.82) is 0 Å². The van der Waals surface area contributed by atoms with Crippen molar-refractivity contribution in [1.82, 2.24) is 24.7 Å². The quantitative estimate of drug-likeness (QED) is 0.379. The van der Waals surface area contributed by atoms with Crippen LogP contribution < -0.4 is 10.2 Å². The van der Waals surface area contributed by atoms with Crippen molar-refractivity contribution in [2.24, 2.45) is 4.99 Å². The molecule has 3 heterocycles. The number of hydrogen-bond donors (Lipinski definition) is 1. The van der Waals surface area contributed by atoms with Crippen molar-refractivity contribution in [3.8, 4) is 0 Å². The van der Waals surface area contributed by atoms with E-state index in [2.05, 4.69) is 41.5 Å². The Hall–Kier alpha value is -1.43. The van der Waals surface area contributed by atoms with E-state index in [9.17, 15) is 0 Å². The molecule has 0 bridgehead atoms. The Labute approximate surface area is 181 Å². The molecular formula is C17H28IN7OS. The van der Waals surface area contributed by atoms with Crippen LogP contribution in [0, 0.1) is 13.8 Å². The van der Waals surface area contributed by atoms with E-state index in [0.717, 1.165) is 73.9 Å². The summed E-state index contributed by atoms with van der Waals surface area (Å²) in [5, 5.41) is 8.50. The summed E-state index contributed by atoms with van der Waals surface area (Å²) in [5.41, 5.74) is 2.15. The summed E-state index contributed by atoms with van der Waals surface area (Å²) in [6, 6.07) is 0. The summed E-state index contributed by atoms with van der Waals surface area (Å²) in [6.07, 6.45) is 1.77. The molecule has 2 aromatic rings. The molecule has 0 atom stereocenters. The summed E-state index contributed by atoms with van der Waals surface area (Å²) < 4.78 is 9.61. The molecule has 0 unspecified atom stereocenters. The second kappa shape index (κ2) is 10.2. The molecule has 150 valence electrons. The zero-order valence-corrected chi connectivity index (χ0v) is 19.5. The van der Waals surface area contributed by atoms with Crippen LogP contribution in [0.5, 0.6) is 0 Å². The van der Waals surface area contributed by atoms with Crippen LogP contribution in [0.2, 0.25) is 0 Å². The molecular weight excluding hydrogens is 477 g/mol. The number of halogens is 1. The van der Waals surface area contributed by atoms with E-state index >= 15 is 0 Å². The molecule has 1 aliphatic heterocycles. The van der Waals surface area contributed by atoms with E-state index in [1.165, 1.54) is 17.1 Å². The normalized spacial score (nSPS) is 15.0. The number of guanidine groups is 1. The lowest BCUT2D eigenvalue weighted by atomic mass is 10.1. The molecule has 0 amide bonds. The Bertz CT molecular complexity index is 733. The molecule has 27 heavy (non-hydrogen) atoms. The maximum absolute atomic E-state index is 5.23. The highest BCUT2D eigenvalue weighted by Crippen LogP contribution is 2.19. The van der Waals surface area contributed by atoms with Crippen LogP contribution in [0.1, 0.15) is 29.8 Å². The van der Waals surface area contributed by atoms with E-state index in [0.29, 0.717) is 0 Å². The molecule has 1 saturated heterocycles. The third-order valence-corrected chi connectivity index (χ3v) is 5.49. The minimum atomic E-state index is 0. The van der Waals surface area contributed by atoms with E-state index in [-0.39, 0.29) is 24.0 Å². The monoisotopic (exact) mass is 505 g/mol. The molecule has 8 nitrogen and oxygen atoms in total. The summed E-state index contributed by atoms with van der Waals surface area (Å²) in [6.45, 7) is 10.6. The third kappa shape index (κ3) is 5.31. The number of anilines is 1. The van der Waals surface area contributed by atoms with E-state index in [4.69, 9.17) is 4.52 Å². The highest BCUT2D eigenvalue weighted by Gasteiger charge is 2.22. The Morgan fingerprint density at radius 2 is 2.00 bits per heavy atom. The van der Waals surface area contributed by atoms with Crippen LogP contribution in [-0.2, 0) is 12.8 Å². The van der Waals surface area contributed by atoms with E-state index < -0.39 is 0 Å². The smallest absolute Gasteiger partial charge is 0.205 e. The lowest BCUT2D eigenvalue weighted by Crippen LogP contribution is -2.52. The van der Waals surface area contributed by atoms with Crippen LogP contribution in [0.25, 0.3) is 0 Å². The molecule has 0 aliphatic carbocycles. The minimum Gasteiger partial charge on any atom is -0.361 e. The van der Waals surface area contributed by atoms with Crippen molar-refractivity contribution in [3.63, 3.8) is 0 Å². The molecule has 10 heteroatoms. The molecule has 1 aliphatic rings. The molecule has 1 N–H and O–H groups in total. The van der Waals surface area contributed by atoms with Crippen LogP contribution in [0.15, 0.2) is 9.52 Å². The number of aromatic nitrogens is 3. The Balaban J connectivity index is 0.00000261. The highest BCUT2D eigenvalue weighted by atomic mass is 127. The minimum absolute atomic E-state index is 0. The van der Waals surface area contributed by atoms with Gasteiger partial charge in [-0.2, -0.15) is 4.37 Å². The average molecular weight is 505 g/mol. The van der Waals surface area contributed by atoms with Gasteiger partial charge in [0.1, 0.15) is 11.6 Å². The van der Waals surface area contributed by atoms with Crippen molar-refractivity contribution < 1.29 is 4.52 Å². The summed E-state index contributed by atoms with van der Waals surface area (Å²) >= 11 is 1.50. The van der Waals surface area contributed by atoms with Gasteiger partial charge in [-0.25, -0.2) is 4.98 Å². The topological polar surface area (TPSA) is 82.7 Å². The Morgan fingerprint density at radius 1 is 1.26 bits per heavy atom. The number of rotatable bonds is 5. The van der Waals surface area contributed by atoms with Gasteiger partial charge in [0.05, 0.1) is 5.69 Å². The zero-order chi connectivity index (χ0) is 18.5. The molecule has 0 radical (unpaired) electrons. The second-order valence-corrected chi connectivity index (χ2v) is 7.08. The fraction of sp³-hybridized carbons (Fsp3) is 0.647. The molecule has 0 spiro atoms. The van der Waals surface area contributed by atoms with Crippen molar-refractivity contribution in [2.75, 3.05) is 44.7 Å². The summed E-state index contributed by atoms with van der Waals surface area (Å²) in [5.74, 6) is 2.78. The van der Waals surface area contributed by atoms with Gasteiger partial charge in [-0.1, -0.05) is 12.1 Å². The van der Waals surface area contributed by atoms with Gasteiger partial charge in [0.15, 0.2) is 5.96 Å². The molecule has 0 aromatic carbocycles. The average Bonchev–Trinajstić information content (AvgIpc) is 3.27. The number of aliphatic imine (C=N–C) groups is 1. The largest absolute Gasteiger partial charge is 0.361 e. The number of piperazine rings is 1. The molecule has 0 saturated carbocycles. The second-order valence-electron chi connectivity index (χ2n) is 6.35. The first-order valence-corrected chi connectivity index (χ1v) is 9.84. The summed E-state index contributed by atoms with van der Waals surface area (Å²) in [7, 11) is 1.84. The fourth-order valence-corrected chi connectivity index (χ4v) is 3.92. The van der Waals surface area contributed by atoms with Crippen LogP contribution in [0.4, 0.5) is 5.13 Å². The van der Waals surface area contributed by atoms with Gasteiger partial charge in [-0.05, 0) is 20.3 Å². The van der Waals surface area contributed by atoms with Crippen LogP contribution in [-0.4, -0.2) is 65.1 Å². The van der Waals surface area contributed by atoms with Crippen LogP contribution in [0.3, 0.4) is 0 Å². The first-order valence-electron chi connectivity index (χ1n) is 9.07. The fourth-order valence-electron chi connectivity index (χ4n) is 3.12. The Kier molecular flexibility index (Phi) is 8.27. The molecule has 1 fully saturated rings. The molecule has 2 aromatic heterocycles. The van der Waals surface area contributed by atoms with Gasteiger partial charge in [0.25, 0.3) is 0 Å². The predicted molar refractivity (Wildman–Crippen MR) is 120 cm³/mol. The highest BCUT2D eigenvalue weighted by molar-refractivity contribution is 14.0. The Morgan fingerprint density at radius 3 is 2.56 bits per heavy atom. The first-order chi connectivity index (χ1) is 12.6. The van der Waals surface area contributed by atoms with Gasteiger partial charge in [-0.15, -0.1) is 24.0 Å². The number of nitrogens with one attached hydrogen (secondary N) is 1. The number of nitrogens with zero attached hydrogens (tertiary/aromatic N) is 6. The van der Waals surface area contributed by atoms with Gasteiger partial charge < -0.3 is 19.6 Å². The third-order valence-electron chi connectivity index (χ3n) is 4.67. The lowest BCUT2D eigenvalue weighted by molar-refractivity contribution is 0.372. The van der Waals surface area contributed by atoms with Gasteiger partial charge in [0, 0.05) is 63.3 Å². The van der Waals surface area contributed by atoms with Crippen molar-refractivity contribution in [3.05, 3.63) is 22.8 Å². The van der Waals surface area contributed by atoms with Crippen LogP contribution >= 0.6 is 35.5 Å². The van der Waals surface area contributed by atoms with Gasteiger partial charge in [-0.3, -0.25) is 4.99 Å². The maximum Gasteiger partial charge on any atom is 0.205 e. The van der Waals surface area contributed by atoms with Crippen molar-refractivity contribution in [2.45, 2.75) is 33.6 Å². The van der Waals surface area contributed by atoms with E-state index in [1.807, 2.05) is 20.9 Å². The first kappa shape index (κ1) is 21.9. The summed E-state index contributed by atoms with van der Waals surface area (Å²) in [4.78, 5) is 13.6. The van der Waals surface area contributed by atoms with Crippen molar-refractivity contribution >= 4 is 46.6 Å². The predicted octanol–water partition coefficient (Wildman–Crippen LogP) is 2.26. The lowest BCUT2D eigenvalue weighted by Gasteiger charge is -2.36. The number of aryl methyl sites for hydroxylation is 3. The van der Waals surface area contributed by atoms with Gasteiger partial charge >= 0.3 is 0 Å². The maximum atomic E-state index is 5.23. The SMILES string of the molecule is CCc1nsc(N2CCN(C(=NC)NCCc3c(C)noc3C)CC2)n1.I. The zero-order valence-electron chi connectivity index (χ0n) is 16.4. The van der Waals surface area contributed by atoms with Gasteiger partial charge in [0.2, 0.25) is 5.13 Å². The van der Waals surface area contributed by atoms with E-state index in [1.54, 1.807) is 0 Å². The standard InChI is InChI=1S/C17H27N7OS.HI/c1-5-15-20-17(26-22-15)24-10-8-23(9-11-24)16(18-4)19-7-6-14-12(2)21-25-13(14)3;/h5-11H2,1-4H3,(H,18,19);1H. The molecule has 3 rings (SSSR count). The number of hydrogen-bond acceptors (Lipinski definition) is 7.